The van der Waals surface area contributed by atoms with E-state index >= 15 is 0 Å². The smallest absolute Gasteiger partial charge is 0.184 e. The second-order valence-corrected chi connectivity index (χ2v) is 16.5. The zero-order chi connectivity index (χ0) is 29.5. The van der Waals surface area contributed by atoms with Crippen molar-refractivity contribution in [1.82, 2.24) is 4.98 Å². The molecule has 0 atom stereocenters. The van der Waals surface area contributed by atoms with Crippen LogP contribution in [0.4, 0.5) is 16.4 Å². The zero-order valence-corrected chi connectivity index (χ0v) is 26.2. The maximum Gasteiger partial charge on any atom is 0.184 e. The summed E-state index contributed by atoms with van der Waals surface area (Å²) in [6.07, 6.45) is 1.97. The molecule has 1 aliphatic rings. The summed E-state index contributed by atoms with van der Waals surface area (Å²) in [5, 5.41) is 17.4. The molecule has 0 aliphatic carbocycles. The summed E-state index contributed by atoms with van der Waals surface area (Å²) in [6, 6.07) is 54.7. The average Bonchev–Trinajstić information content (AvgIpc) is 3.74. The number of hydrogen-bond donors (Lipinski definition) is 0. The second-order valence-electron chi connectivity index (χ2n) is 10.7. The largest absolute Gasteiger partial charge is 0.302 e. The summed E-state index contributed by atoms with van der Waals surface area (Å²) < 4.78 is 1.08. The van der Waals surface area contributed by atoms with Crippen molar-refractivity contribution in [2.45, 2.75) is 0 Å². The Morgan fingerprint density at radius 3 is 1.82 bits per heavy atom. The molecular weight excluding hydrogens is 591 g/mol. The third kappa shape index (κ3) is 4.17. The van der Waals surface area contributed by atoms with Crippen molar-refractivity contribution < 1.29 is 0 Å². The van der Waals surface area contributed by atoms with Crippen molar-refractivity contribution >= 4 is 89.7 Å². The Kier molecular flexibility index (Phi) is 6.57. The third-order valence-electron chi connectivity index (χ3n) is 8.28. The zero-order valence-electron chi connectivity index (χ0n) is 23.6. The molecule has 0 spiro atoms. The molecule has 0 bridgehead atoms. The lowest BCUT2D eigenvalue weighted by molar-refractivity contribution is 1.32. The van der Waals surface area contributed by atoms with Crippen LogP contribution in [0.5, 0.6) is 0 Å². The number of allylic oxidation sites excluding steroid dienone is 1. The number of fused-ring (bicyclic) bond motifs is 3. The average molecular weight is 616 g/mol. The van der Waals surface area contributed by atoms with Crippen LogP contribution in [0.1, 0.15) is 9.88 Å². The van der Waals surface area contributed by atoms with Gasteiger partial charge in [-0.15, -0.1) is 22.7 Å². The van der Waals surface area contributed by atoms with Crippen molar-refractivity contribution in [3.05, 3.63) is 155 Å². The van der Waals surface area contributed by atoms with Gasteiger partial charge in [-0.25, -0.2) is 4.98 Å². The molecule has 0 unspecified atom stereocenters. The molecule has 0 saturated carbocycles. The number of thiophene rings is 1. The van der Waals surface area contributed by atoms with E-state index in [1.807, 2.05) is 30.3 Å². The fraction of sp³-hybridized carbons (Fsp3) is 0. The Morgan fingerprint density at radius 1 is 0.636 bits per heavy atom. The van der Waals surface area contributed by atoms with Crippen molar-refractivity contribution in [1.29, 1.82) is 5.26 Å². The standard InChI is InChI=1S/C38H25N3S2Si/c39-26-27(38-40-31-17-7-10-20-34(31)43-38)25-28-23-24-37(42-28)41-32-18-8-11-21-35(32)44(29-13-3-1-4-14-29,30-15-5-2-6-16-30)36-22-12-9-19-33(36)41/h1-25H/b27-25+. The van der Waals surface area contributed by atoms with E-state index in [1.54, 1.807) is 22.7 Å². The molecular formula is C38H25N3S2Si. The SMILES string of the molecule is N#C/C(=C\c1ccc(N2c3ccccc3[Si](c3ccccc3)(c3ccccc3)c3ccccc32)s1)c1nc2ccccc2s1. The number of rotatable bonds is 5. The van der Waals surface area contributed by atoms with Gasteiger partial charge in [0.2, 0.25) is 0 Å². The first-order chi connectivity index (χ1) is 21.8. The highest BCUT2D eigenvalue weighted by Crippen LogP contribution is 2.42. The van der Waals surface area contributed by atoms with Crippen molar-refractivity contribution in [2.75, 3.05) is 4.90 Å². The predicted octanol–water partition coefficient (Wildman–Crippen LogP) is 7.58. The summed E-state index contributed by atoms with van der Waals surface area (Å²) in [4.78, 5) is 8.17. The van der Waals surface area contributed by atoms with Crippen LogP contribution in [0.3, 0.4) is 0 Å². The third-order valence-corrected chi connectivity index (χ3v) is 15.2. The lowest BCUT2D eigenvalue weighted by Gasteiger charge is -2.44. The fourth-order valence-corrected chi connectivity index (χ4v) is 13.5. The highest BCUT2D eigenvalue weighted by molar-refractivity contribution is 7.22. The van der Waals surface area contributed by atoms with Crippen LogP contribution in [0, 0.1) is 11.3 Å². The van der Waals surface area contributed by atoms with Crippen molar-refractivity contribution in [2.24, 2.45) is 0 Å². The molecule has 0 radical (unpaired) electrons. The minimum absolute atomic E-state index is 0.582. The molecule has 7 aromatic rings. The van der Waals surface area contributed by atoms with E-state index in [0.29, 0.717) is 5.57 Å². The predicted molar refractivity (Wildman–Crippen MR) is 189 cm³/mol. The monoisotopic (exact) mass is 615 g/mol. The van der Waals surface area contributed by atoms with Crippen LogP contribution in [0.2, 0.25) is 0 Å². The second kappa shape index (κ2) is 10.9. The summed E-state index contributed by atoms with van der Waals surface area (Å²) in [6.45, 7) is 0. The number of aromatic nitrogens is 1. The molecule has 0 N–H and O–H groups in total. The van der Waals surface area contributed by atoms with Crippen LogP contribution >= 0.6 is 22.7 Å². The Morgan fingerprint density at radius 2 is 1.20 bits per heavy atom. The number of para-hydroxylation sites is 3. The van der Waals surface area contributed by atoms with Crippen LogP contribution < -0.4 is 25.6 Å². The Hall–Kier alpha value is -5.06. The number of thiazole rings is 1. The van der Waals surface area contributed by atoms with Gasteiger partial charge in [-0.1, -0.05) is 109 Å². The first-order valence-electron chi connectivity index (χ1n) is 14.4. The van der Waals surface area contributed by atoms with Gasteiger partial charge >= 0.3 is 0 Å². The molecule has 1 aliphatic heterocycles. The number of hydrogen-bond acceptors (Lipinski definition) is 5. The van der Waals surface area contributed by atoms with Crippen molar-refractivity contribution in [3.63, 3.8) is 0 Å². The number of nitriles is 1. The molecule has 8 rings (SSSR count). The highest BCUT2D eigenvalue weighted by Gasteiger charge is 2.48. The molecule has 0 amide bonds. The number of benzene rings is 5. The summed E-state index contributed by atoms with van der Waals surface area (Å²) in [5.74, 6) is 0. The molecule has 3 heterocycles. The van der Waals surface area contributed by atoms with E-state index < -0.39 is 8.07 Å². The van der Waals surface area contributed by atoms with Gasteiger partial charge in [0.05, 0.1) is 15.8 Å². The van der Waals surface area contributed by atoms with E-state index in [2.05, 4.69) is 132 Å². The Balaban J connectivity index is 1.31. The summed E-state index contributed by atoms with van der Waals surface area (Å²) >= 11 is 3.25. The van der Waals surface area contributed by atoms with Crippen molar-refractivity contribution in [3.8, 4) is 6.07 Å². The fourth-order valence-electron chi connectivity index (χ4n) is 6.46. The van der Waals surface area contributed by atoms with Crippen LogP contribution in [0.15, 0.2) is 146 Å². The molecule has 0 saturated heterocycles. The quantitative estimate of drug-likeness (QED) is 0.148. The van der Waals surface area contributed by atoms with Gasteiger partial charge in [0.1, 0.15) is 16.1 Å². The Bertz CT molecular complexity index is 2090. The topological polar surface area (TPSA) is 39.9 Å². The summed E-state index contributed by atoms with van der Waals surface area (Å²) in [7, 11) is -2.64. The van der Waals surface area contributed by atoms with Crippen LogP contribution in [-0.2, 0) is 0 Å². The van der Waals surface area contributed by atoms with Crippen LogP contribution in [0.25, 0.3) is 21.9 Å². The molecule has 44 heavy (non-hydrogen) atoms. The van der Waals surface area contributed by atoms with Gasteiger partial charge in [-0.3, -0.25) is 0 Å². The number of nitrogens with zero attached hydrogens (tertiary/aromatic N) is 3. The molecule has 0 fully saturated rings. The summed E-state index contributed by atoms with van der Waals surface area (Å²) in [5.41, 5.74) is 3.91. The molecule has 2 aromatic heterocycles. The first-order valence-corrected chi connectivity index (χ1v) is 18.1. The van der Waals surface area contributed by atoms with Gasteiger partial charge in [0.25, 0.3) is 0 Å². The maximum absolute atomic E-state index is 10.1. The van der Waals surface area contributed by atoms with Crippen LogP contribution in [-0.4, -0.2) is 13.1 Å². The van der Waals surface area contributed by atoms with E-state index in [9.17, 15) is 5.26 Å². The lowest BCUT2D eigenvalue weighted by atomic mass is 10.2. The molecule has 208 valence electrons. The number of anilines is 3. The molecule has 6 heteroatoms. The van der Waals surface area contributed by atoms with Gasteiger partial charge < -0.3 is 4.90 Å². The minimum atomic E-state index is -2.64. The lowest BCUT2D eigenvalue weighted by Crippen LogP contribution is -2.77. The first kappa shape index (κ1) is 26.6. The normalized spacial score (nSPS) is 13.7. The highest BCUT2D eigenvalue weighted by atomic mass is 32.1. The van der Waals surface area contributed by atoms with Gasteiger partial charge in [0.15, 0.2) is 8.07 Å². The van der Waals surface area contributed by atoms with E-state index in [1.165, 1.54) is 32.1 Å². The molecule has 3 nitrogen and oxygen atoms in total. The Labute approximate surface area is 265 Å². The van der Waals surface area contributed by atoms with Gasteiger partial charge in [-0.2, -0.15) is 5.26 Å². The maximum atomic E-state index is 10.1. The van der Waals surface area contributed by atoms with E-state index in [4.69, 9.17) is 4.98 Å². The minimum Gasteiger partial charge on any atom is -0.302 e. The molecule has 5 aromatic carbocycles. The van der Waals surface area contributed by atoms with E-state index in [-0.39, 0.29) is 0 Å². The van der Waals surface area contributed by atoms with Gasteiger partial charge in [0, 0.05) is 16.3 Å². The van der Waals surface area contributed by atoms with E-state index in [0.717, 1.165) is 25.1 Å². The van der Waals surface area contributed by atoms with Gasteiger partial charge in [-0.05, 0) is 63.2 Å².